The summed E-state index contributed by atoms with van der Waals surface area (Å²) < 4.78 is 0. The Labute approximate surface area is 92.7 Å². The SMILES string of the molecule is CC(C)CC(/N=C/c1cscn1)C(=O)O. The van der Waals surface area contributed by atoms with Crippen LogP contribution in [-0.4, -0.2) is 28.3 Å². The van der Waals surface area contributed by atoms with Gasteiger partial charge < -0.3 is 5.11 Å². The van der Waals surface area contributed by atoms with Crippen molar-refractivity contribution in [2.45, 2.75) is 26.3 Å². The van der Waals surface area contributed by atoms with Crippen LogP contribution in [0.5, 0.6) is 0 Å². The number of carboxylic acids is 1. The van der Waals surface area contributed by atoms with Crippen LogP contribution in [0.15, 0.2) is 15.9 Å². The van der Waals surface area contributed by atoms with E-state index in [1.54, 1.807) is 5.51 Å². The lowest BCUT2D eigenvalue weighted by atomic mass is 10.0. The molecular formula is C10H14N2O2S. The van der Waals surface area contributed by atoms with Gasteiger partial charge in [0.05, 0.1) is 11.2 Å². The third-order valence-electron chi connectivity index (χ3n) is 1.82. The van der Waals surface area contributed by atoms with Crippen LogP contribution in [0.3, 0.4) is 0 Å². The second-order valence-electron chi connectivity index (χ2n) is 3.68. The summed E-state index contributed by atoms with van der Waals surface area (Å²) in [6.45, 7) is 3.96. The van der Waals surface area contributed by atoms with Crippen molar-refractivity contribution in [2.75, 3.05) is 0 Å². The Hall–Kier alpha value is -1.23. The summed E-state index contributed by atoms with van der Waals surface area (Å²) >= 11 is 1.46. The van der Waals surface area contributed by atoms with E-state index in [-0.39, 0.29) is 0 Å². The fourth-order valence-corrected chi connectivity index (χ4v) is 1.63. The number of aliphatic imine (C=N–C) groups is 1. The number of thiazole rings is 1. The highest BCUT2D eigenvalue weighted by Gasteiger charge is 2.16. The molecule has 5 heteroatoms. The molecule has 1 rings (SSSR count). The second kappa shape index (κ2) is 5.60. The molecule has 1 N–H and O–H groups in total. The zero-order valence-electron chi connectivity index (χ0n) is 8.75. The van der Waals surface area contributed by atoms with Crippen molar-refractivity contribution in [3.8, 4) is 0 Å². The number of aromatic nitrogens is 1. The summed E-state index contributed by atoms with van der Waals surface area (Å²) in [4.78, 5) is 18.9. The fourth-order valence-electron chi connectivity index (χ4n) is 1.12. The minimum Gasteiger partial charge on any atom is -0.480 e. The molecule has 0 radical (unpaired) electrons. The first kappa shape index (κ1) is 11.8. The number of rotatable bonds is 5. The molecule has 0 aromatic carbocycles. The summed E-state index contributed by atoms with van der Waals surface area (Å²) in [7, 11) is 0. The number of aliphatic carboxylic acids is 1. The van der Waals surface area contributed by atoms with Gasteiger partial charge in [0.1, 0.15) is 6.04 Å². The Morgan fingerprint density at radius 2 is 2.47 bits per heavy atom. The average molecular weight is 226 g/mol. The maximum absolute atomic E-state index is 10.9. The van der Waals surface area contributed by atoms with E-state index in [0.717, 1.165) is 5.69 Å². The highest BCUT2D eigenvalue weighted by Crippen LogP contribution is 2.08. The van der Waals surface area contributed by atoms with Gasteiger partial charge >= 0.3 is 5.97 Å². The van der Waals surface area contributed by atoms with Gasteiger partial charge in [0.2, 0.25) is 0 Å². The second-order valence-corrected chi connectivity index (χ2v) is 4.39. The third kappa shape index (κ3) is 4.20. The van der Waals surface area contributed by atoms with Crippen LogP contribution < -0.4 is 0 Å². The van der Waals surface area contributed by atoms with Gasteiger partial charge in [0, 0.05) is 11.6 Å². The van der Waals surface area contributed by atoms with Crippen LogP contribution >= 0.6 is 11.3 Å². The molecule has 0 fully saturated rings. The number of hydrogen-bond acceptors (Lipinski definition) is 4. The van der Waals surface area contributed by atoms with Crippen molar-refractivity contribution in [1.82, 2.24) is 4.98 Å². The van der Waals surface area contributed by atoms with Crippen molar-refractivity contribution in [2.24, 2.45) is 10.9 Å². The van der Waals surface area contributed by atoms with Crippen molar-refractivity contribution < 1.29 is 9.90 Å². The molecule has 0 aliphatic heterocycles. The number of hydrogen-bond donors (Lipinski definition) is 1. The van der Waals surface area contributed by atoms with Crippen molar-refractivity contribution in [3.63, 3.8) is 0 Å². The summed E-state index contributed by atoms with van der Waals surface area (Å²) in [5, 5.41) is 10.8. The monoisotopic (exact) mass is 226 g/mol. The zero-order chi connectivity index (χ0) is 11.3. The Morgan fingerprint density at radius 3 is 2.93 bits per heavy atom. The maximum Gasteiger partial charge on any atom is 0.328 e. The van der Waals surface area contributed by atoms with Gasteiger partial charge in [-0.25, -0.2) is 9.78 Å². The number of carbonyl (C=O) groups is 1. The molecule has 0 amide bonds. The lowest BCUT2D eigenvalue weighted by molar-refractivity contribution is -0.138. The molecule has 0 saturated heterocycles. The van der Waals surface area contributed by atoms with E-state index in [4.69, 9.17) is 5.11 Å². The normalized spacial score (nSPS) is 13.5. The minimum absolute atomic E-state index is 0.318. The van der Waals surface area contributed by atoms with Crippen molar-refractivity contribution in [1.29, 1.82) is 0 Å². The predicted octanol–water partition coefficient (Wildman–Crippen LogP) is 2.06. The zero-order valence-corrected chi connectivity index (χ0v) is 9.57. The highest BCUT2D eigenvalue weighted by atomic mass is 32.1. The Kier molecular flexibility index (Phi) is 4.42. The summed E-state index contributed by atoms with van der Waals surface area (Å²) in [6, 6.07) is -0.660. The Balaban J connectivity index is 2.62. The molecule has 1 aromatic heterocycles. The molecule has 0 bridgehead atoms. The van der Waals surface area contributed by atoms with Gasteiger partial charge in [-0.05, 0) is 12.3 Å². The predicted molar refractivity (Wildman–Crippen MR) is 60.6 cm³/mol. The summed E-state index contributed by atoms with van der Waals surface area (Å²) in [6.07, 6.45) is 2.08. The van der Waals surface area contributed by atoms with Crippen LogP contribution in [-0.2, 0) is 4.79 Å². The van der Waals surface area contributed by atoms with Gasteiger partial charge in [-0.15, -0.1) is 11.3 Å². The molecule has 1 aromatic rings. The summed E-state index contributed by atoms with van der Waals surface area (Å²) in [5.41, 5.74) is 2.41. The first-order valence-corrected chi connectivity index (χ1v) is 5.68. The molecule has 0 saturated carbocycles. The topological polar surface area (TPSA) is 62.5 Å². The maximum atomic E-state index is 10.9. The highest BCUT2D eigenvalue weighted by molar-refractivity contribution is 7.07. The molecule has 82 valence electrons. The quantitative estimate of drug-likeness (QED) is 0.782. The molecular weight excluding hydrogens is 212 g/mol. The fraction of sp³-hybridized carbons (Fsp3) is 0.500. The van der Waals surface area contributed by atoms with Crippen molar-refractivity contribution >= 4 is 23.5 Å². The Bertz CT molecular complexity index is 333. The van der Waals surface area contributed by atoms with Crippen LogP contribution in [0, 0.1) is 5.92 Å². The molecule has 0 aliphatic carbocycles. The van der Waals surface area contributed by atoms with E-state index in [9.17, 15) is 4.79 Å². The summed E-state index contributed by atoms with van der Waals surface area (Å²) in [5.74, 6) is -0.561. The molecule has 0 spiro atoms. The molecule has 0 aliphatic rings. The molecule has 15 heavy (non-hydrogen) atoms. The van der Waals surface area contributed by atoms with Crippen molar-refractivity contribution in [3.05, 3.63) is 16.6 Å². The minimum atomic E-state index is -0.879. The molecule has 1 unspecified atom stereocenters. The largest absolute Gasteiger partial charge is 0.480 e. The first-order valence-electron chi connectivity index (χ1n) is 4.73. The van der Waals surface area contributed by atoms with E-state index in [2.05, 4.69) is 9.98 Å². The van der Waals surface area contributed by atoms with E-state index in [1.807, 2.05) is 19.2 Å². The lowest BCUT2D eigenvalue weighted by Gasteiger charge is -2.09. The van der Waals surface area contributed by atoms with Gasteiger partial charge in [-0.1, -0.05) is 13.8 Å². The Morgan fingerprint density at radius 1 is 1.73 bits per heavy atom. The first-order chi connectivity index (χ1) is 7.09. The molecule has 1 atom stereocenters. The average Bonchev–Trinajstić information content (AvgIpc) is 2.63. The smallest absolute Gasteiger partial charge is 0.328 e. The van der Waals surface area contributed by atoms with Crippen LogP contribution in [0.4, 0.5) is 0 Å². The van der Waals surface area contributed by atoms with E-state index in [1.165, 1.54) is 17.6 Å². The van der Waals surface area contributed by atoms with Gasteiger partial charge in [0.25, 0.3) is 0 Å². The van der Waals surface area contributed by atoms with E-state index < -0.39 is 12.0 Å². The van der Waals surface area contributed by atoms with Crippen LogP contribution in [0.2, 0.25) is 0 Å². The number of carboxylic acid groups (broad SMARTS) is 1. The van der Waals surface area contributed by atoms with Crippen LogP contribution in [0.25, 0.3) is 0 Å². The van der Waals surface area contributed by atoms with E-state index >= 15 is 0 Å². The third-order valence-corrected chi connectivity index (χ3v) is 2.42. The van der Waals surface area contributed by atoms with E-state index in [0.29, 0.717) is 12.3 Å². The van der Waals surface area contributed by atoms with Crippen LogP contribution in [0.1, 0.15) is 26.0 Å². The molecule has 4 nitrogen and oxygen atoms in total. The van der Waals surface area contributed by atoms with Gasteiger partial charge in [-0.2, -0.15) is 0 Å². The van der Waals surface area contributed by atoms with Gasteiger partial charge in [-0.3, -0.25) is 4.99 Å². The number of nitrogens with zero attached hydrogens (tertiary/aromatic N) is 2. The standard InChI is InChI=1S/C10H14N2O2S/c1-7(2)3-9(10(13)14)11-4-8-5-15-6-12-8/h4-7,9H,3H2,1-2H3,(H,13,14)/b11-4+. The van der Waals surface area contributed by atoms with Gasteiger partial charge in [0.15, 0.2) is 0 Å². The molecule has 1 heterocycles. The lowest BCUT2D eigenvalue weighted by Crippen LogP contribution is -2.20.